The average Bonchev–Trinajstić information content (AvgIpc) is 3.14. The van der Waals surface area contributed by atoms with Crippen LogP contribution in [0.15, 0.2) is 45.9 Å². The van der Waals surface area contributed by atoms with Gasteiger partial charge in [-0.3, -0.25) is 4.99 Å². The highest BCUT2D eigenvalue weighted by Gasteiger charge is 2.34. The van der Waals surface area contributed by atoms with Gasteiger partial charge in [0.05, 0.1) is 6.54 Å². The first kappa shape index (κ1) is 21.7. The van der Waals surface area contributed by atoms with Crippen LogP contribution in [-0.4, -0.2) is 38.3 Å². The lowest BCUT2D eigenvalue weighted by Crippen LogP contribution is -2.44. The van der Waals surface area contributed by atoms with Crippen molar-refractivity contribution in [3.05, 3.63) is 46.5 Å². The number of hydrogen-bond donors (Lipinski definition) is 2. The monoisotopic (exact) mass is 533 g/mol. The largest absolute Gasteiger partial charge is 0.381 e. The molecule has 0 aromatic heterocycles. The summed E-state index contributed by atoms with van der Waals surface area (Å²) in [6.07, 6.45) is 8.67. The van der Waals surface area contributed by atoms with E-state index in [1.807, 2.05) is 0 Å². The number of nitrogens with zero attached hydrogens (tertiary/aromatic N) is 1. The van der Waals surface area contributed by atoms with Crippen LogP contribution >= 0.6 is 39.9 Å². The summed E-state index contributed by atoms with van der Waals surface area (Å²) >= 11 is 3.54. The van der Waals surface area contributed by atoms with Crippen LogP contribution in [0.4, 0.5) is 0 Å². The third-order valence-electron chi connectivity index (χ3n) is 5.14. The number of rotatable bonds is 5. The number of aliphatic imine (C=N–C) groups is 1. The quantitative estimate of drug-likeness (QED) is 0.255. The van der Waals surface area contributed by atoms with Crippen molar-refractivity contribution in [1.82, 2.24) is 10.6 Å². The minimum atomic E-state index is 0. The van der Waals surface area contributed by atoms with Crippen molar-refractivity contribution in [2.75, 3.05) is 26.3 Å². The molecule has 0 amide bonds. The maximum absolute atomic E-state index is 5.63. The van der Waals surface area contributed by atoms with Crippen LogP contribution in [0.25, 0.3) is 0 Å². The maximum Gasteiger partial charge on any atom is 0.191 e. The molecule has 1 saturated heterocycles. The zero-order valence-electron chi connectivity index (χ0n) is 15.3. The second-order valence-electron chi connectivity index (χ2n) is 6.88. The van der Waals surface area contributed by atoms with Crippen molar-refractivity contribution < 1.29 is 4.74 Å². The molecule has 2 N–H and O–H groups in total. The SMILES string of the molecule is CCNC(=NCC1(c2ccc(Br)cc2)CCOCC1)NC1CC=CC1.I. The van der Waals surface area contributed by atoms with Gasteiger partial charge in [0.15, 0.2) is 5.96 Å². The zero-order chi connectivity index (χ0) is 17.5. The molecular formula is C20H29BrIN3O. The van der Waals surface area contributed by atoms with Gasteiger partial charge in [0.2, 0.25) is 0 Å². The minimum absolute atomic E-state index is 0. The van der Waals surface area contributed by atoms with Crippen molar-refractivity contribution in [2.24, 2.45) is 4.99 Å². The van der Waals surface area contributed by atoms with E-state index in [9.17, 15) is 0 Å². The standard InChI is InChI=1S/C20H28BrN3O.HI/c1-2-22-19(24-18-5-3-4-6-18)23-15-20(11-13-25-14-12-20)16-7-9-17(21)10-8-16;/h3-4,7-10,18H,2,5-6,11-15H2,1H3,(H2,22,23,24);1H. The minimum Gasteiger partial charge on any atom is -0.381 e. The Morgan fingerprint density at radius 2 is 1.85 bits per heavy atom. The number of halogens is 2. The highest BCUT2D eigenvalue weighted by Crippen LogP contribution is 2.35. The molecule has 6 heteroatoms. The van der Waals surface area contributed by atoms with Gasteiger partial charge in [-0.05, 0) is 50.3 Å². The molecule has 1 heterocycles. The van der Waals surface area contributed by atoms with E-state index in [0.717, 1.165) is 62.4 Å². The Labute approximate surface area is 182 Å². The summed E-state index contributed by atoms with van der Waals surface area (Å²) in [5.74, 6) is 0.930. The van der Waals surface area contributed by atoms with Gasteiger partial charge in [0.1, 0.15) is 0 Å². The molecule has 1 aromatic rings. The van der Waals surface area contributed by atoms with Crippen LogP contribution < -0.4 is 10.6 Å². The summed E-state index contributed by atoms with van der Waals surface area (Å²) in [6.45, 7) is 5.39. The highest BCUT2D eigenvalue weighted by molar-refractivity contribution is 14.0. The van der Waals surface area contributed by atoms with E-state index in [-0.39, 0.29) is 29.4 Å². The molecule has 0 spiro atoms. The fourth-order valence-electron chi connectivity index (χ4n) is 3.58. The Kier molecular flexibility index (Phi) is 8.90. The predicted molar refractivity (Wildman–Crippen MR) is 123 cm³/mol. The fourth-order valence-corrected chi connectivity index (χ4v) is 3.85. The molecule has 4 nitrogen and oxygen atoms in total. The van der Waals surface area contributed by atoms with Crippen LogP contribution in [0.1, 0.15) is 38.2 Å². The van der Waals surface area contributed by atoms with E-state index in [2.05, 4.69) is 69.9 Å². The van der Waals surface area contributed by atoms with Gasteiger partial charge < -0.3 is 15.4 Å². The summed E-state index contributed by atoms with van der Waals surface area (Å²) in [7, 11) is 0. The van der Waals surface area contributed by atoms with Crippen molar-refractivity contribution in [3.63, 3.8) is 0 Å². The van der Waals surface area contributed by atoms with Crippen LogP contribution in [-0.2, 0) is 10.2 Å². The highest BCUT2D eigenvalue weighted by atomic mass is 127. The Bertz CT molecular complexity index is 604. The first-order chi connectivity index (χ1) is 12.2. The van der Waals surface area contributed by atoms with Crippen LogP contribution in [0.2, 0.25) is 0 Å². The van der Waals surface area contributed by atoms with Crippen molar-refractivity contribution >= 4 is 45.9 Å². The normalized spacial score (nSPS) is 19.8. The summed E-state index contributed by atoms with van der Waals surface area (Å²) in [4.78, 5) is 4.97. The van der Waals surface area contributed by atoms with Gasteiger partial charge in [-0.2, -0.15) is 0 Å². The second kappa shape index (κ2) is 10.7. The summed E-state index contributed by atoms with van der Waals surface area (Å²) < 4.78 is 6.75. The van der Waals surface area contributed by atoms with Gasteiger partial charge in [-0.25, -0.2) is 0 Å². The number of ether oxygens (including phenoxy) is 1. The predicted octanol–water partition coefficient (Wildman–Crippen LogP) is 4.39. The molecule has 0 radical (unpaired) electrons. The van der Waals surface area contributed by atoms with Crippen LogP contribution in [0.5, 0.6) is 0 Å². The molecule has 1 aliphatic carbocycles. The molecule has 0 atom stereocenters. The van der Waals surface area contributed by atoms with E-state index in [1.165, 1.54) is 5.56 Å². The molecule has 0 unspecified atom stereocenters. The summed E-state index contributed by atoms with van der Waals surface area (Å²) in [5, 5.41) is 6.97. The first-order valence-electron chi connectivity index (χ1n) is 9.25. The Morgan fingerprint density at radius 3 is 2.46 bits per heavy atom. The van der Waals surface area contributed by atoms with Gasteiger partial charge in [-0.15, -0.1) is 24.0 Å². The second-order valence-corrected chi connectivity index (χ2v) is 7.79. The van der Waals surface area contributed by atoms with Gasteiger partial charge in [-0.1, -0.05) is 40.2 Å². The molecular weight excluding hydrogens is 505 g/mol. The fraction of sp³-hybridized carbons (Fsp3) is 0.550. The molecule has 26 heavy (non-hydrogen) atoms. The number of benzene rings is 1. The van der Waals surface area contributed by atoms with Crippen molar-refractivity contribution in [2.45, 2.75) is 44.1 Å². The molecule has 2 aliphatic rings. The third kappa shape index (κ3) is 5.70. The van der Waals surface area contributed by atoms with E-state index in [0.29, 0.717) is 6.04 Å². The maximum atomic E-state index is 5.63. The summed E-state index contributed by atoms with van der Waals surface area (Å²) in [5.41, 5.74) is 1.43. The van der Waals surface area contributed by atoms with Crippen molar-refractivity contribution in [3.8, 4) is 0 Å². The lowest BCUT2D eigenvalue weighted by Gasteiger charge is -2.37. The van der Waals surface area contributed by atoms with E-state index in [1.54, 1.807) is 0 Å². The first-order valence-corrected chi connectivity index (χ1v) is 10.0. The third-order valence-corrected chi connectivity index (χ3v) is 5.67. The lowest BCUT2D eigenvalue weighted by molar-refractivity contribution is 0.0531. The van der Waals surface area contributed by atoms with Crippen molar-refractivity contribution in [1.29, 1.82) is 0 Å². The van der Waals surface area contributed by atoms with E-state index >= 15 is 0 Å². The molecule has 1 aliphatic heterocycles. The Morgan fingerprint density at radius 1 is 1.19 bits per heavy atom. The van der Waals surface area contributed by atoms with Crippen LogP contribution in [0, 0.1) is 0 Å². The Hall–Kier alpha value is -0.600. The molecule has 0 bridgehead atoms. The molecule has 0 saturated carbocycles. The van der Waals surface area contributed by atoms with Gasteiger partial charge in [0, 0.05) is 35.7 Å². The zero-order valence-corrected chi connectivity index (χ0v) is 19.3. The lowest BCUT2D eigenvalue weighted by atomic mass is 9.74. The van der Waals surface area contributed by atoms with E-state index < -0.39 is 0 Å². The average molecular weight is 534 g/mol. The molecule has 1 fully saturated rings. The van der Waals surface area contributed by atoms with E-state index in [4.69, 9.17) is 9.73 Å². The van der Waals surface area contributed by atoms with Gasteiger partial charge in [0.25, 0.3) is 0 Å². The number of hydrogen-bond acceptors (Lipinski definition) is 2. The van der Waals surface area contributed by atoms with Gasteiger partial charge >= 0.3 is 0 Å². The topological polar surface area (TPSA) is 45.7 Å². The summed E-state index contributed by atoms with van der Waals surface area (Å²) in [6, 6.07) is 9.18. The Balaban J connectivity index is 0.00000243. The molecule has 1 aromatic carbocycles. The number of guanidine groups is 1. The smallest absolute Gasteiger partial charge is 0.191 e. The van der Waals surface area contributed by atoms with Crippen LogP contribution in [0.3, 0.4) is 0 Å². The molecule has 144 valence electrons. The number of nitrogens with one attached hydrogen (secondary N) is 2. The molecule has 3 rings (SSSR count).